The third-order valence-electron chi connectivity index (χ3n) is 6.88. The van der Waals surface area contributed by atoms with E-state index in [4.69, 9.17) is 9.73 Å². The van der Waals surface area contributed by atoms with Crippen LogP contribution in [0.4, 0.5) is 10.8 Å². The van der Waals surface area contributed by atoms with Gasteiger partial charge in [-0.3, -0.25) is 29.5 Å². The smallest absolute Gasteiger partial charge is 0.336 e. The van der Waals surface area contributed by atoms with Gasteiger partial charge in [-0.25, -0.2) is 9.78 Å². The fraction of sp³-hybridized carbons (Fsp3) is 0.385. The lowest BCUT2D eigenvalue weighted by molar-refractivity contribution is -0.384. The van der Waals surface area contributed by atoms with Crippen LogP contribution in [0.15, 0.2) is 46.4 Å². The van der Waals surface area contributed by atoms with Crippen molar-refractivity contribution in [2.24, 2.45) is 4.99 Å². The number of nitro benzene ring substituents is 1. The Morgan fingerprint density at radius 2 is 1.98 bits per heavy atom. The van der Waals surface area contributed by atoms with Crippen molar-refractivity contribution in [2.75, 3.05) is 11.1 Å². The van der Waals surface area contributed by atoms with Crippen LogP contribution in [0, 0.1) is 10.1 Å². The van der Waals surface area contributed by atoms with E-state index in [9.17, 15) is 29.3 Å². The minimum absolute atomic E-state index is 0.0196. The molecule has 0 spiro atoms. The van der Waals surface area contributed by atoms with Crippen LogP contribution in [0.5, 0.6) is 0 Å². The number of aliphatic imine (C=N–C) groups is 1. The Balaban J connectivity index is 1.22. The van der Waals surface area contributed by atoms with E-state index in [0.717, 1.165) is 32.1 Å². The van der Waals surface area contributed by atoms with Crippen LogP contribution in [0.2, 0.25) is 0 Å². The molecule has 41 heavy (non-hydrogen) atoms. The zero-order valence-corrected chi connectivity index (χ0v) is 23.3. The maximum absolute atomic E-state index is 13.4. The molecule has 1 aliphatic carbocycles. The van der Waals surface area contributed by atoms with Gasteiger partial charge in [0, 0.05) is 29.5 Å². The first kappa shape index (κ1) is 28.4. The summed E-state index contributed by atoms with van der Waals surface area (Å²) in [5.74, 6) is -1.21. The van der Waals surface area contributed by atoms with Gasteiger partial charge in [0.15, 0.2) is 5.13 Å². The van der Waals surface area contributed by atoms with E-state index < -0.39 is 28.2 Å². The van der Waals surface area contributed by atoms with Crippen LogP contribution in [0.3, 0.4) is 0 Å². The molecule has 1 unspecified atom stereocenters. The van der Waals surface area contributed by atoms with Crippen LogP contribution in [0.1, 0.15) is 43.4 Å². The number of thioether (sulfide) groups is 1. The quantitative estimate of drug-likeness (QED) is 0.104. The predicted molar refractivity (Wildman–Crippen MR) is 151 cm³/mol. The molecular weight excluding hydrogens is 572 g/mol. The average molecular weight is 599 g/mol. The monoisotopic (exact) mass is 598 g/mol. The predicted octanol–water partition coefficient (Wildman–Crippen LogP) is 2.77. The number of anilines is 1. The molecule has 2 aromatic rings. The molecule has 3 heterocycles. The van der Waals surface area contributed by atoms with E-state index in [1.807, 2.05) is 0 Å². The van der Waals surface area contributed by atoms with Gasteiger partial charge in [0.2, 0.25) is 6.41 Å². The van der Waals surface area contributed by atoms with Crippen molar-refractivity contribution in [3.05, 3.63) is 62.8 Å². The Hall–Kier alpha value is -4.11. The maximum atomic E-state index is 13.4. The second-order valence-electron chi connectivity index (χ2n) is 9.62. The number of nitrogens with one attached hydrogen (secondary N) is 2. The van der Waals surface area contributed by atoms with Crippen molar-refractivity contribution in [1.29, 1.82) is 0 Å². The molecule has 0 bridgehead atoms. The molecule has 3 aliphatic rings. The Morgan fingerprint density at radius 1 is 1.22 bits per heavy atom. The normalized spacial score (nSPS) is 20.8. The van der Waals surface area contributed by atoms with E-state index in [0.29, 0.717) is 28.4 Å². The summed E-state index contributed by atoms with van der Waals surface area (Å²) in [6.45, 7) is -0.0707. The molecule has 13 nitrogen and oxygen atoms in total. The third kappa shape index (κ3) is 6.46. The standard InChI is InChI=1S/C26H26N6O7S2/c33-14-27-26-29-19(13-41-26)20(28-17-4-2-1-3-5-17)22(34)30-21-23(35)31-10-16(12-40-24(21)31)25(36)39-11-15-6-8-18(9-7-15)32(37)38/h6-10,13-14,17,21,24H,1-5,11-12H2,(H,30,34)(H,27,29,33)/t21?,24-/m1/s1. The Kier molecular flexibility index (Phi) is 8.73. The highest BCUT2D eigenvalue weighted by atomic mass is 32.2. The minimum atomic E-state index is -0.802. The van der Waals surface area contributed by atoms with Gasteiger partial charge < -0.3 is 20.3 Å². The number of ether oxygens (including phenoxy) is 1. The zero-order valence-electron chi connectivity index (χ0n) is 21.7. The van der Waals surface area contributed by atoms with E-state index in [-0.39, 0.29) is 35.7 Å². The number of thiazole rings is 1. The number of nitrogens with zero attached hydrogens (tertiary/aromatic N) is 4. The second kappa shape index (κ2) is 12.6. The molecule has 2 aliphatic heterocycles. The number of aromatic nitrogens is 1. The third-order valence-corrected chi connectivity index (χ3v) is 8.97. The highest BCUT2D eigenvalue weighted by Gasteiger charge is 2.50. The van der Waals surface area contributed by atoms with E-state index in [2.05, 4.69) is 15.6 Å². The van der Waals surface area contributed by atoms with Gasteiger partial charge >= 0.3 is 5.97 Å². The molecule has 3 amide bonds. The number of hydrogen-bond donors (Lipinski definition) is 2. The lowest BCUT2D eigenvalue weighted by Gasteiger charge is -2.47. The number of amides is 3. The first-order valence-corrected chi connectivity index (χ1v) is 14.9. The molecule has 2 N–H and O–H groups in total. The highest BCUT2D eigenvalue weighted by molar-refractivity contribution is 8.00. The molecule has 1 saturated carbocycles. The molecule has 214 valence electrons. The summed E-state index contributed by atoms with van der Waals surface area (Å²) < 4.78 is 5.33. The first-order valence-electron chi connectivity index (χ1n) is 12.9. The molecule has 2 fully saturated rings. The van der Waals surface area contributed by atoms with Crippen molar-refractivity contribution in [3.8, 4) is 0 Å². The van der Waals surface area contributed by atoms with Crippen LogP contribution >= 0.6 is 23.1 Å². The topological polar surface area (TPSA) is 173 Å². The largest absolute Gasteiger partial charge is 0.457 e. The van der Waals surface area contributed by atoms with Crippen molar-refractivity contribution in [2.45, 2.75) is 56.2 Å². The number of esters is 1. The molecule has 15 heteroatoms. The number of carbonyl (C=O) groups excluding carboxylic acids is 4. The van der Waals surface area contributed by atoms with Crippen LogP contribution < -0.4 is 10.6 Å². The Morgan fingerprint density at radius 3 is 2.68 bits per heavy atom. The van der Waals surface area contributed by atoms with Gasteiger partial charge in [0.05, 0.1) is 16.5 Å². The summed E-state index contributed by atoms with van der Waals surface area (Å²) in [6.07, 6.45) is 6.86. The SMILES string of the molecule is O=CNc1nc(C(=NC2CCCCC2)C(=O)NC2C(=O)N3C=C(C(=O)OCc4ccc([N+](=O)[O-])cc4)CS[C@H]23)cs1. The lowest BCUT2D eigenvalue weighted by Crippen LogP contribution is -2.69. The van der Waals surface area contributed by atoms with Crippen LogP contribution in [-0.2, 0) is 30.5 Å². The Labute approximate surface area is 242 Å². The number of carbonyl (C=O) groups is 4. The van der Waals surface area contributed by atoms with E-state index in [1.54, 1.807) is 5.38 Å². The van der Waals surface area contributed by atoms with Gasteiger partial charge in [-0.05, 0) is 30.5 Å². The number of benzene rings is 1. The van der Waals surface area contributed by atoms with Crippen molar-refractivity contribution in [3.63, 3.8) is 0 Å². The van der Waals surface area contributed by atoms with Gasteiger partial charge in [0.1, 0.15) is 29.4 Å². The highest BCUT2D eigenvalue weighted by Crippen LogP contribution is 2.36. The van der Waals surface area contributed by atoms with Crippen molar-refractivity contribution in [1.82, 2.24) is 15.2 Å². The molecule has 1 aromatic heterocycles. The van der Waals surface area contributed by atoms with Gasteiger partial charge in [-0.15, -0.1) is 23.1 Å². The summed E-state index contributed by atoms with van der Waals surface area (Å²) in [4.78, 5) is 70.4. The van der Waals surface area contributed by atoms with Crippen LogP contribution in [-0.4, -0.2) is 67.9 Å². The van der Waals surface area contributed by atoms with Gasteiger partial charge in [0.25, 0.3) is 17.5 Å². The molecule has 5 rings (SSSR count). The number of β-lactam (4-membered cyclic amide) rings is 1. The van der Waals surface area contributed by atoms with Crippen LogP contribution in [0.25, 0.3) is 0 Å². The molecule has 2 atom stereocenters. The molecule has 0 radical (unpaired) electrons. The number of rotatable bonds is 10. The molecule has 1 aromatic carbocycles. The average Bonchev–Trinajstić information content (AvgIpc) is 3.46. The summed E-state index contributed by atoms with van der Waals surface area (Å²) in [5.41, 5.74) is 1.29. The summed E-state index contributed by atoms with van der Waals surface area (Å²) in [7, 11) is 0. The number of non-ortho nitro benzene ring substituents is 1. The van der Waals surface area contributed by atoms with Gasteiger partial charge in [-0.1, -0.05) is 19.3 Å². The summed E-state index contributed by atoms with van der Waals surface area (Å²) in [6, 6.07) is 4.86. The van der Waals surface area contributed by atoms with E-state index in [1.165, 1.54) is 58.5 Å². The minimum Gasteiger partial charge on any atom is -0.457 e. The Bertz CT molecular complexity index is 1420. The van der Waals surface area contributed by atoms with Crippen molar-refractivity contribution < 1.29 is 28.8 Å². The first-order chi connectivity index (χ1) is 19.8. The number of hydrogen-bond acceptors (Lipinski definition) is 11. The van der Waals surface area contributed by atoms with Crippen molar-refractivity contribution >= 4 is 63.8 Å². The fourth-order valence-corrected chi connectivity index (χ4v) is 6.62. The second-order valence-corrected chi connectivity index (χ2v) is 11.6. The summed E-state index contributed by atoms with van der Waals surface area (Å²) in [5, 5.41) is 17.7. The van der Waals surface area contributed by atoms with Gasteiger partial charge in [-0.2, -0.15) is 0 Å². The zero-order chi connectivity index (χ0) is 28.9. The molecule has 1 saturated heterocycles. The fourth-order valence-electron chi connectivity index (χ4n) is 4.72. The summed E-state index contributed by atoms with van der Waals surface area (Å²) >= 11 is 2.50. The van der Waals surface area contributed by atoms with E-state index >= 15 is 0 Å². The molecular formula is C26H26N6O7S2. The number of nitro groups is 1. The number of fused-ring (bicyclic) bond motifs is 1. The lowest BCUT2D eigenvalue weighted by atomic mass is 9.96. The maximum Gasteiger partial charge on any atom is 0.336 e.